The van der Waals surface area contributed by atoms with Gasteiger partial charge >= 0.3 is 0 Å². The fourth-order valence-corrected chi connectivity index (χ4v) is 2.48. The summed E-state index contributed by atoms with van der Waals surface area (Å²) in [5, 5.41) is 3.59. The first-order chi connectivity index (χ1) is 10.3. The number of methoxy groups -OCH3 is 1. The van der Waals surface area contributed by atoms with Crippen molar-refractivity contribution in [3.63, 3.8) is 0 Å². The molecule has 0 saturated heterocycles. The predicted molar refractivity (Wildman–Crippen MR) is 86.7 cm³/mol. The van der Waals surface area contributed by atoms with Gasteiger partial charge < -0.3 is 10.1 Å². The molecule has 1 heterocycles. The Morgan fingerprint density at radius 2 is 2.00 bits per heavy atom. The quantitative estimate of drug-likeness (QED) is 0.842. The van der Waals surface area contributed by atoms with Crippen LogP contribution in [0.1, 0.15) is 36.2 Å². The van der Waals surface area contributed by atoms with E-state index in [1.165, 1.54) is 11.1 Å². The Hall–Kier alpha value is -1.87. The highest BCUT2D eigenvalue weighted by atomic mass is 16.5. The summed E-state index contributed by atoms with van der Waals surface area (Å²) in [6.45, 7) is 5.30. The van der Waals surface area contributed by atoms with Gasteiger partial charge in [0.15, 0.2) is 0 Å². The van der Waals surface area contributed by atoms with Gasteiger partial charge in [-0.05, 0) is 49.6 Å². The number of aromatic nitrogens is 1. The SMILES string of the molecule is CCCNC(Cc1ccccc1C)c1ncccc1OC. The third-order valence-corrected chi connectivity index (χ3v) is 3.68. The molecule has 0 amide bonds. The van der Waals surface area contributed by atoms with E-state index in [0.29, 0.717) is 0 Å². The van der Waals surface area contributed by atoms with Crippen molar-refractivity contribution in [2.45, 2.75) is 32.7 Å². The van der Waals surface area contributed by atoms with Crippen LogP contribution in [0.2, 0.25) is 0 Å². The molecule has 21 heavy (non-hydrogen) atoms. The Kier molecular flexibility index (Phi) is 5.76. The van der Waals surface area contributed by atoms with Crippen LogP contribution >= 0.6 is 0 Å². The largest absolute Gasteiger partial charge is 0.495 e. The number of nitrogens with one attached hydrogen (secondary N) is 1. The highest BCUT2D eigenvalue weighted by Crippen LogP contribution is 2.26. The zero-order valence-corrected chi connectivity index (χ0v) is 13.1. The fourth-order valence-electron chi connectivity index (χ4n) is 2.48. The van der Waals surface area contributed by atoms with Gasteiger partial charge in [-0.25, -0.2) is 0 Å². The van der Waals surface area contributed by atoms with E-state index in [1.807, 2.05) is 18.3 Å². The van der Waals surface area contributed by atoms with Crippen LogP contribution in [0.3, 0.4) is 0 Å². The number of ether oxygens (including phenoxy) is 1. The lowest BCUT2D eigenvalue weighted by molar-refractivity contribution is 0.393. The molecular weight excluding hydrogens is 260 g/mol. The van der Waals surface area contributed by atoms with E-state index in [-0.39, 0.29) is 6.04 Å². The Morgan fingerprint density at radius 3 is 2.71 bits per heavy atom. The van der Waals surface area contributed by atoms with Crippen LogP contribution in [0.25, 0.3) is 0 Å². The van der Waals surface area contributed by atoms with E-state index < -0.39 is 0 Å². The van der Waals surface area contributed by atoms with Gasteiger partial charge in [-0.2, -0.15) is 0 Å². The first-order valence-corrected chi connectivity index (χ1v) is 7.53. The van der Waals surface area contributed by atoms with Gasteiger partial charge in [-0.3, -0.25) is 4.98 Å². The van der Waals surface area contributed by atoms with Crippen molar-refractivity contribution in [1.82, 2.24) is 10.3 Å². The first kappa shape index (κ1) is 15.5. The van der Waals surface area contributed by atoms with Gasteiger partial charge in [0.1, 0.15) is 5.75 Å². The maximum atomic E-state index is 5.47. The van der Waals surface area contributed by atoms with Gasteiger partial charge in [0, 0.05) is 6.20 Å². The topological polar surface area (TPSA) is 34.2 Å². The summed E-state index contributed by atoms with van der Waals surface area (Å²) >= 11 is 0. The average Bonchev–Trinajstić information content (AvgIpc) is 2.53. The number of pyridine rings is 1. The molecule has 1 atom stereocenters. The Morgan fingerprint density at radius 1 is 1.19 bits per heavy atom. The number of hydrogen-bond donors (Lipinski definition) is 1. The average molecular weight is 284 g/mol. The minimum absolute atomic E-state index is 0.169. The summed E-state index contributed by atoms with van der Waals surface area (Å²) in [5.41, 5.74) is 3.64. The molecule has 0 aliphatic rings. The zero-order valence-electron chi connectivity index (χ0n) is 13.1. The van der Waals surface area contributed by atoms with Crippen LogP contribution in [0.15, 0.2) is 42.6 Å². The number of nitrogens with zero attached hydrogens (tertiary/aromatic N) is 1. The number of hydrogen-bond acceptors (Lipinski definition) is 3. The summed E-state index contributed by atoms with van der Waals surface area (Å²) in [7, 11) is 1.70. The molecule has 0 saturated carbocycles. The second-order valence-corrected chi connectivity index (χ2v) is 5.23. The van der Waals surface area contributed by atoms with E-state index >= 15 is 0 Å². The van der Waals surface area contributed by atoms with Crippen molar-refractivity contribution in [2.24, 2.45) is 0 Å². The Labute approximate surface area is 127 Å². The van der Waals surface area contributed by atoms with E-state index in [9.17, 15) is 0 Å². The van der Waals surface area contributed by atoms with Crippen molar-refractivity contribution < 1.29 is 4.74 Å². The van der Waals surface area contributed by atoms with Crippen LogP contribution < -0.4 is 10.1 Å². The standard InChI is InChI=1S/C18H24N2O/c1-4-11-19-16(13-15-9-6-5-8-14(15)2)18-17(21-3)10-7-12-20-18/h5-10,12,16,19H,4,11,13H2,1-3H3. The van der Waals surface area contributed by atoms with Gasteiger partial charge in [-0.15, -0.1) is 0 Å². The fraction of sp³-hybridized carbons (Fsp3) is 0.389. The van der Waals surface area contributed by atoms with Crippen molar-refractivity contribution in [1.29, 1.82) is 0 Å². The number of benzene rings is 1. The molecule has 0 aliphatic heterocycles. The lowest BCUT2D eigenvalue weighted by Crippen LogP contribution is -2.25. The van der Waals surface area contributed by atoms with Crippen LogP contribution in [-0.4, -0.2) is 18.6 Å². The van der Waals surface area contributed by atoms with Crippen LogP contribution in [-0.2, 0) is 6.42 Å². The van der Waals surface area contributed by atoms with Crippen LogP contribution in [0.5, 0.6) is 5.75 Å². The van der Waals surface area contributed by atoms with E-state index in [1.54, 1.807) is 7.11 Å². The Bertz CT molecular complexity index is 569. The maximum absolute atomic E-state index is 5.47. The predicted octanol–water partition coefficient (Wildman–Crippen LogP) is 3.68. The van der Waals surface area contributed by atoms with Gasteiger partial charge in [0.05, 0.1) is 18.8 Å². The maximum Gasteiger partial charge on any atom is 0.141 e. The molecule has 1 aromatic carbocycles. The van der Waals surface area contributed by atoms with Crippen molar-refractivity contribution >= 4 is 0 Å². The number of rotatable bonds is 7. The van der Waals surface area contributed by atoms with E-state index in [2.05, 4.69) is 48.4 Å². The van der Waals surface area contributed by atoms with Crippen molar-refractivity contribution in [3.05, 3.63) is 59.4 Å². The highest BCUT2D eigenvalue weighted by Gasteiger charge is 2.18. The summed E-state index contributed by atoms with van der Waals surface area (Å²) in [4.78, 5) is 4.54. The molecule has 2 aromatic rings. The third-order valence-electron chi connectivity index (χ3n) is 3.68. The van der Waals surface area contributed by atoms with Crippen molar-refractivity contribution in [2.75, 3.05) is 13.7 Å². The highest BCUT2D eigenvalue weighted by molar-refractivity contribution is 5.33. The summed E-state index contributed by atoms with van der Waals surface area (Å²) in [5.74, 6) is 0.847. The minimum atomic E-state index is 0.169. The smallest absolute Gasteiger partial charge is 0.141 e. The first-order valence-electron chi connectivity index (χ1n) is 7.53. The molecule has 1 unspecified atom stereocenters. The molecule has 2 rings (SSSR count). The normalized spacial score (nSPS) is 12.1. The molecule has 0 fully saturated rings. The van der Waals surface area contributed by atoms with Gasteiger partial charge in [0.2, 0.25) is 0 Å². The molecule has 1 aromatic heterocycles. The van der Waals surface area contributed by atoms with Gasteiger partial charge in [0.25, 0.3) is 0 Å². The third kappa shape index (κ3) is 4.05. The molecule has 0 bridgehead atoms. The summed E-state index contributed by atoms with van der Waals surface area (Å²) < 4.78 is 5.47. The molecule has 3 heteroatoms. The molecular formula is C18H24N2O. The second kappa shape index (κ2) is 7.79. The molecule has 112 valence electrons. The van der Waals surface area contributed by atoms with Crippen LogP contribution in [0, 0.1) is 6.92 Å². The Balaban J connectivity index is 2.28. The number of aryl methyl sites for hydroxylation is 1. The summed E-state index contributed by atoms with van der Waals surface area (Å²) in [6.07, 6.45) is 3.84. The molecule has 0 spiro atoms. The minimum Gasteiger partial charge on any atom is -0.495 e. The molecule has 1 N–H and O–H groups in total. The van der Waals surface area contributed by atoms with Crippen molar-refractivity contribution in [3.8, 4) is 5.75 Å². The van der Waals surface area contributed by atoms with Crippen LogP contribution in [0.4, 0.5) is 0 Å². The second-order valence-electron chi connectivity index (χ2n) is 5.23. The monoisotopic (exact) mass is 284 g/mol. The van der Waals surface area contributed by atoms with E-state index in [4.69, 9.17) is 4.74 Å². The summed E-state index contributed by atoms with van der Waals surface area (Å²) in [6, 6.07) is 12.6. The lowest BCUT2D eigenvalue weighted by atomic mass is 9.98. The van der Waals surface area contributed by atoms with Gasteiger partial charge in [-0.1, -0.05) is 31.2 Å². The van der Waals surface area contributed by atoms with E-state index in [0.717, 1.165) is 30.8 Å². The molecule has 0 aliphatic carbocycles. The molecule has 0 radical (unpaired) electrons. The zero-order chi connectivity index (χ0) is 15.1. The molecule has 3 nitrogen and oxygen atoms in total. The lowest BCUT2D eigenvalue weighted by Gasteiger charge is -2.21.